The van der Waals surface area contributed by atoms with E-state index in [-0.39, 0.29) is 6.61 Å². The third-order valence-corrected chi connectivity index (χ3v) is 3.21. The first-order chi connectivity index (χ1) is 5.62. The molecule has 1 unspecified atom stereocenters. The number of halogens is 2. The molecule has 5 heteroatoms. The van der Waals surface area contributed by atoms with Crippen molar-refractivity contribution in [1.82, 2.24) is 0 Å². The summed E-state index contributed by atoms with van der Waals surface area (Å²) in [6, 6.07) is 0. The first-order valence-electron chi connectivity index (χ1n) is 3.89. The van der Waals surface area contributed by atoms with Crippen molar-refractivity contribution in [3.05, 3.63) is 0 Å². The molecule has 2 N–H and O–H groups in total. The molecular formula is C7H13F2NOS. The molecule has 1 rings (SSSR count). The second-order valence-electron chi connectivity index (χ2n) is 3.09. The van der Waals surface area contributed by atoms with Crippen molar-refractivity contribution >= 4 is 11.8 Å². The van der Waals surface area contributed by atoms with E-state index in [1.54, 1.807) is 11.8 Å². The summed E-state index contributed by atoms with van der Waals surface area (Å²) in [4.78, 5) is 0. The molecule has 1 aliphatic rings. The molecule has 0 aromatic heterocycles. The van der Waals surface area contributed by atoms with Crippen LogP contribution in [0.1, 0.15) is 12.8 Å². The fraction of sp³-hybridized carbons (Fsp3) is 1.00. The zero-order valence-electron chi connectivity index (χ0n) is 6.76. The van der Waals surface area contributed by atoms with E-state index in [9.17, 15) is 8.78 Å². The van der Waals surface area contributed by atoms with Gasteiger partial charge in [-0.3, -0.25) is 0 Å². The van der Waals surface area contributed by atoms with Gasteiger partial charge in [0.25, 0.3) is 0 Å². The number of hydrogen-bond acceptors (Lipinski definition) is 3. The van der Waals surface area contributed by atoms with Crippen LogP contribution in [0.2, 0.25) is 0 Å². The summed E-state index contributed by atoms with van der Waals surface area (Å²) in [6.07, 6.45) is 1.78. The summed E-state index contributed by atoms with van der Waals surface area (Å²) >= 11 is 1.70. The van der Waals surface area contributed by atoms with Crippen molar-refractivity contribution < 1.29 is 13.5 Å². The van der Waals surface area contributed by atoms with E-state index in [1.807, 2.05) is 0 Å². The van der Waals surface area contributed by atoms with Crippen molar-refractivity contribution in [1.29, 1.82) is 0 Å². The highest BCUT2D eigenvalue weighted by Gasteiger charge is 2.29. The molecule has 0 aliphatic carbocycles. The van der Waals surface area contributed by atoms with Crippen molar-refractivity contribution in [2.75, 3.05) is 18.1 Å². The Morgan fingerprint density at radius 1 is 1.58 bits per heavy atom. The molecule has 1 aliphatic heterocycles. The van der Waals surface area contributed by atoms with Crippen molar-refractivity contribution in [3.63, 3.8) is 0 Å². The summed E-state index contributed by atoms with van der Waals surface area (Å²) < 4.78 is 27.6. The summed E-state index contributed by atoms with van der Waals surface area (Å²) in [5.41, 5.74) is 5.30. The van der Waals surface area contributed by atoms with Crippen LogP contribution in [-0.4, -0.2) is 30.3 Å². The van der Waals surface area contributed by atoms with Gasteiger partial charge in [-0.2, -0.15) is 20.5 Å². The Kier molecular flexibility index (Phi) is 3.74. The fourth-order valence-electron chi connectivity index (χ4n) is 1.22. The third kappa shape index (κ3) is 3.25. The predicted octanol–water partition coefficient (Wildman–Crippen LogP) is 1.45. The lowest BCUT2D eigenvalue weighted by atomic mass is 9.98. The molecule has 1 saturated heterocycles. The third-order valence-electron chi connectivity index (χ3n) is 1.85. The Morgan fingerprint density at radius 3 is 2.83 bits per heavy atom. The highest BCUT2D eigenvalue weighted by atomic mass is 32.2. The fourth-order valence-corrected chi connectivity index (χ4v) is 2.34. The Balaban J connectivity index is 2.26. The molecular weight excluding hydrogens is 184 g/mol. The topological polar surface area (TPSA) is 35.2 Å². The smallest absolute Gasteiger partial charge is 0.322 e. The molecule has 12 heavy (non-hydrogen) atoms. The number of hydrogen-bond donors (Lipinski definition) is 1. The maximum Gasteiger partial charge on any atom is 0.345 e. The number of rotatable bonds is 3. The Labute approximate surface area is 74.8 Å². The largest absolute Gasteiger partial charge is 0.345 e. The van der Waals surface area contributed by atoms with Crippen LogP contribution in [0.3, 0.4) is 0 Å². The number of ether oxygens (including phenoxy) is 1. The molecule has 1 fully saturated rings. The van der Waals surface area contributed by atoms with Crippen molar-refractivity contribution in [2.24, 2.45) is 5.73 Å². The van der Waals surface area contributed by atoms with E-state index >= 15 is 0 Å². The van der Waals surface area contributed by atoms with Crippen LogP contribution in [0.25, 0.3) is 0 Å². The van der Waals surface area contributed by atoms with Gasteiger partial charge in [0.2, 0.25) is 0 Å². The molecule has 0 bridgehead atoms. The molecule has 0 aromatic carbocycles. The zero-order chi connectivity index (χ0) is 9.03. The van der Waals surface area contributed by atoms with Gasteiger partial charge in [0.05, 0.1) is 6.61 Å². The second kappa shape index (κ2) is 4.39. The normalized spacial score (nSPS) is 31.0. The molecule has 72 valence electrons. The van der Waals surface area contributed by atoms with Gasteiger partial charge in [0, 0.05) is 11.3 Å². The Morgan fingerprint density at radius 2 is 2.33 bits per heavy atom. The minimum Gasteiger partial charge on any atom is -0.322 e. The summed E-state index contributed by atoms with van der Waals surface area (Å²) in [6.45, 7) is -2.73. The number of alkyl halides is 2. The van der Waals surface area contributed by atoms with Crippen LogP contribution in [0, 0.1) is 0 Å². The highest BCUT2D eigenvalue weighted by molar-refractivity contribution is 7.99. The zero-order valence-corrected chi connectivity index (χ0v) is 7.58. The minimum atomic E-state index is -2.70. The average molecular weight is 197 g/mol. The number of thioether (sulfide) groups is 1. The maximum atomic E-state index is 11.7. The molecule has 1 atom stereocenters. The molecule has 0 amide bonds. The van der Waals surface area contributed by atoms with Gasteiger partial charge in [-0.05, 0) is 18.6 Å². The van der Waals surface area contributed by atoms with Gasteiger partial charge in [-0.1, -0.05) is 0 Å². The molecule has 1 heterocycles. The van der Waals surface area contributed by atoms with Crippen LogP contribution < -0.4 is 5.73 Å². The van der Waals surface area contributed by atoms with E-state index in [2.05, 4.69) is 4.74 Å². The summed E-state index contributed by atoms with van der Waals surface area (Å²) in [5, 5.41) is 0. The molecule has 0 aromatic rings. The van der Waals surface area contributed by atoms with Gasteiger partial charge < -0.3 is 10.5 Å². The van der Waals surface area contributed by atoms with Gasteiger partial charge in [-0.25, -0.2) is 0 Å². The molecule has 0 radical (unpaired) electrons. The first kappa shape index (κ1) is 10.2. The van der Waals surface area contributed by atoms with Crippen molar-refractivity contribution in [3.8, 4) is 0 Å². The summed E-state index contributed by atoms with van der Waals surface area (Å²) in [5.74, 6) is 1.80. The van der Waals surface area contributed by atoms with E-state index in [0.29, 0.717) is 0 Å². The molecule has 2 nitrogen and oxygen atoms in total. The van der Waals surface area contributed by atoms with E-state index < -0.39 is 12.2 Å². The van der Waals surface area contributed by atoms with E-state index in [4.69, 9.17) is 5.73 Å². The lowest BCUT2D eigenvalue weighted by Crippen LogP contribution is -2.49. The predicted molar refractivity (Wildman–Crippen MR) is 45.4 cm³/mol. The van der Waals surface area contributed by atoms with Gasteiger partial charge >= 0.3 is 6.61 Å². The van der Waals surface area contributed by atoms with Crippen LogP contribution in [0.4, 0.5) is 8.78 Å². The lowest BCUT2D eigenvalue weighted by molar-refractivity contribution is -0.140. The van der Waals surface area contributed by atoms with Crippen LogP contribution in [0.15, 0.2) is 0 Å². The monoisotopic (exact) mass is 197 g/mol. The standard InChI is InChI=1S/C7H13F2NOS/c8-6(9)11-4-7(10)2-1-3-12-5-7/h6H,1-5,10H2. The van der Waals surface area contributed by atoms with Gasteiger partial charge in [0.15, 0.2) is 0 Å². The van der Waals surface area contributed by atoms with Crippen LogP contribution >= 0.6 is 11.8 Å². The molecule has 0 saturated carbocycles. The van der Waals surface area contributed by atoms with E-state index in [1.165, 1.54) is 0 Å². The van der Waals surface area contributed by atoms with E-state index in [0.717, 1.165) is 24.3 Å². The highest BCUT2D eigenvalue weighted by Crippen LogP contribution is 2.25. The average Bonchev–Trinajstić information content (AvgIpc) is 2.03. The quantitative estimate of drug-likeness (QED) is 0.743. The van der Waals surface area contributed by atoms with Crippen LogP contribution in [-0.2, 0) is 4.74 Å². The number of nitrogens with two attached hydrogens (primary N) is 1. The van der Waals surface area contributed by atoms with Gasteiger partial charge in [0.1, 0.15) is 0 Å². The van der Waals surface area contributed by atoms with Gasteiger partial charge in [-0.15, -0.1) is 0 Å². The maximum absolute atomic E-state index is 11.7. The Hall–Kier alpha value is 0.130. The minimum absolute atomic E-state index is 0.0301. The van der Waals surface area contributed by atoms with Crippen molar-refractivity contribution in [2.45, 2.75) is 25.0 Å². The Bertz CT molecular complexity index is 139. The first-order valence-corrected chi connectivity index (χ1v) is 5.04. The summed E-state index contributed by atoms with van der Waals surface area (Å²) in [7, 11) is 0. The second-order valence-corrected chi connectivity index (χ2v) is 4.20. The molecule has 0 spiro atoms. The lowest BCUT2D eigenvalue weighted by Gasteiger charge is -2.32. The SMILES string of the molecule is NC1(COC(F)F)CCCSC1. The van der Waals surface area contributed by atoms with Crippen LogP contribution in [0.5, 0.6) is 0 Å².